The number of nitrogens with one attached hydrogen (secondary N) is 1. The second kappa shape index (κ2) is 5.74. The van der Waals surface area contributed by atoms with E-state index < -0.39 is 0 Å². The summed E-state index contributed by atoms with van der Waals surface area (Å²) in [5.41, 5.74) is 2.43. The fraction of sp³-hybridized carbons (Fsp3) is 0.500. The van der Waals surface area contributed by atoms with Crippen LogP contribution in [0.4, 0.5) is 5.69 Å². The molecule has 1 amide bonds. The van der Waals surface area contributed by atoms with Gasteiger partial charge in [0.05, 0.1) is 0 Å². The number of hydrogen-bond acceptors (Lipinski definition) is 2. The van der Waals surface area contributed by atoms with Crippen LogP contribution in [-0.2, 0) is 4.79 Å². The molecule has 2 rings (SSSR count). The molecule has 1 heterocycles. The van der Waals surface area contributed by atoms with Crippen molar-refractivity contribution in [1.29, 1.82) is 0 Å². The van der Waals surface area contributed by atoms with Crippen molar-refractivity contribution in [3.05, 3.63) is 28.2 Å². The van der Waals surface area contributed by atoms with Gasteiger partial charge in [-0.15, -0.1) is 0 Å². The number of nitrogens with zero attached hydrogens (tertiary/aromatic N) is 1. The first-order valence-corrected chi connectivity index (χ1v) is 7.14. The van der Waals surface area contributed by atoms with E-state index in [0.717, 1.165) is 30.4 Å². The molecule has 0 spiro atoms. The third-order valence-corrected chi connectivity index (χ3v) is 4.43. The largest absolute Gasteiger partial charge is 0.382 e. The minimum Gasteiger partial charge on any atom is -0.382 e. The zero-order valence-corrected chi connectivity index (χ0v) is 12.5. The van der Waals surface area contributed by atoms with Gasteiger partial charge >= 0.3 is 0 Å². The number of carbonyl (C=O) groups excluding carboxylic acids is 1. The Kier molecular flexibility index (Phi) is 4.27. The van der Waals surface area contributed by atoms with E-state index in [-0.39, 0.29) is 5.91 Å². The number of likely N-dealkylation sites (tertiary alicyclic amines) is 1. The predicted octanol–water partition coefficient (Wildman–Crippen LogP) is 3.18. The molecule has 1 aliphatic heterocycles. The van der Waals surface area contributed by atoms with Crippen molar-refractivity contribution in [1.82, 2.24) is 4.90 Å². The van der Waals surface area contributed by atoms with Crippen molar-refractivity contribution in [3.63, 3.8) is 0 Å². The van der Waals surface area contributed by atoms with Gasteiger partial charge in [0.25, 0.3) is 0 Å². The van der Waals surface area contributed by atoms with Crippen LogP contribution in [-0.4, -0.2) is 29.9 Å². The average Bonchev–Trinajstić information content (AvgIpc) is 2.36. The number of piperidine rings is 1. The van der Waals surface area contributed by atoms with Gasteiger partial charge in [-0.2, -0.15) is 0 Å². The van der Waals surface area contributed by atoms with E-state index in [4.69, 9.17) is 0 Å². The van der Waals surface area contributed by atoms with Crippen molar-refractivity contribution >= 4 is 27.5 Å². The molecule has 0 aromatic heterocycles. The Balaban J connectivity index is 1.96. The highest BCUT2D eigenvalue weighted by Crippen LogP contribution is 2.25. The molecule has 1 aromatic rings. The minimum atomic E-state index is 0.187. The van der Waals surface area contributed by atoms with Crippen molar-refractivity contribution in [3.8, 4) is 0 Å². The summed E-state index contributed by atoms with van der Waals surface area (Å²) in [6.07, 6.45) is 2.04. The normalized spacial score (nSPS) is 16.7. The molecule has 1 saturated heterocycles. The quantitative estimate of drug-likeness (QED) is 0.910. The number of anilines is 1. The van der Waals surface area contributed by atoms with Crippen molar-refractivity contribution in [2.45, 2.75) is 32.7 Å². The first-order chi connectivity index (χ1) is 8.58. The van der Waals surface area contributed by atoms with Gasteiger partial charge in [-0.3, -0.25) is 4.79 Å². The highest BCUT2D eigenvalue weighted by atomic mass is 79.9. The van der Waals surface area contributed by atoms with E-state index in [1.165, 1.54) is 11.3 Å². The molecular weight excluding hydrogens is 292 g/mol. The summed E-state index contributed by atoms with van der Waals surface area (Å²) >= 11 is 3.55. The summed E-state index contributed by atoms with van der Waals surface area (Å²) in [6.45, 7) is 5.48. The van der Waals surface area contributed by atoms with Gasteiger partial charge in [0.1, 0.15) is 0 Å². The molecule has 18 heavy (non-hydrogen) atoms. The van der Waals surface area contributed by atoms with Crippen molar-refractivity contribution in [2.75, 3.05) is 18.4 Å². The SMILES string of the molecule is CC(=O)N1CCC(Nc2cccc(Br)c2C)CC1. The van der Waals surface area contributed by atoms with Gasteiger partial charge < -0.3 is 10.2 Å². The number of halogens is 1. The van der Waals surface area contributed by atoms with Crippen LogP contribution < -0.4 is 5.32 Å². The van der Waals surface area contributed by atoms with Crippen LogP contribution >= 0.6 is 15.9 Å². The second-order valence-corrected chi connectivity index (χ2v) is 5.69. The molecule has 0 unspecified atom stereocenters. The van der Waals surface area contributed by atoms with Crippen LogP contribution in [0.2, 0.25) is 0 Å². The van der Waals surface area contributed by atoms with E-state index in [1.54, 1.807) is 6.92 Å². The first-order valence-electron chi connectivity index (χ1n) is 6.35. The Hall–Kier alpha value is -1.03. The fourth-order valence-corrected chi connectivity index (χ4v) is 2.69. The maximum Gasteiger partial charge on any atom is 0.219 e. The molecule has 0 atom stereocenters. The molecule has 0 radical (unpaired) electrons. The zero-order valence-electron chi connectivity index (χ0n) is 10.9. The lowest BCUT2D eigenvalue weighted by molar-refractivity contribution is -0.129. The number of amides is 1. The Bertz CT molecular complexity index is 439. The summed E-state index contributed by atoms with van der Waals surface area (Å²) in [5.74, 6) is 0.187. The second-order valence-electron chi connectivity index (χ2n) is 4.84. The van der Waals surface area contributed by atoms with E-state index in [0.29, 0.717) is 6.04 Å². The zero-order chi connectivity index (χ0) is 13.1. The molecular formula is C14H19BrN2O. The molecule has 1 aliphatic rings. The fourth-order valence-electron chi connectivity index (χ4n) is 2.32. The molecule has 98 valence electrons. The van der Waals surface area contributed by atoms with Gasteiger partial charge in [-0.05, 0) is 37.5 Å². The first kappa shape index (κ1) is 13.4. The highest BCUT2D eigenvalue weighted by molar-refractivity contribution is 9.10. The van der Waals surface area contributed by atoms with Gasteiger partial charge in [-0.25, -0.2) is 0 Å². The molecule has 3 nitrogen and oxygen atoms in total. The van der Waals surface area contributed by atoms with E-state index in [9.17, 15) is 4.79 Å². The van der Waals surface area contributed by atoms with Crippen LogP contribution in [0.3, 0.4) is 0 Å². The molecule has 0 aliphatic carbocycles. The molecule has 1 N–H and O–H groups in total. The monoisotopic (exact) mass is 310 g/mol. The van der Waals surface area contributed by atoms with Gasteiger partial charge in [0, 0.05) is 36.2 Å². The van der Waals surface area contributed by atoms with E-state index in [2.05, 4.69) is 40.3 Å². The minimum absolute atomic E-state index is 0.187. The summed E-state index contributed by atoms with van der Waals surface area (Å²) in [6, 6.07) is 6.68. The lowest BCUT2D eigenvalue weighted by Crippen LogP contribution is -2.41. The number of carbonyl (C=O) groups is 1. The summed E-state index contributed by atoms with van der Waals surface area (Å²) < 4.78 is 1.13. The Morgan fingerprint density at radius 3 is 2.67 bits per heavy atom. The maximum atomic E-state index is 11.3. The van der Waals surface area contributed by atoms with E-state index >= 15 is 0 Å². The Morgan fingerprint density at radius 2 is 2.06 bits per heavy atom. The lowest BCUT2D eigenvalue weighted by atomic mass is 10.0. The van der Waals surface area contributed by atoms with Crippen LogP contribution in [0.25, 0.3) is 0 Å². The average molecular weight is 311 g/mol. The Labute approximate surface area is 117 Å². The lowest BCUT2D eigenvalue weighted by Gasteiger charge is -2.32. The van der Waals surface area contributed by atoms with Crippen molar-refractivity contribution < 1.29 is 4.79 Å². The van der Waals surface area contributed by atoms with Gasteiger partial charge in [0.15, 0.2) is 0 Å². The smallest absolute Gasteiger partial charge is 0.219 e. The Morgan fingerprint density at radius 1 is 1.39 bits per heavy atom. The van der Waals surface area contributed by atoms with Crippen LogP contribution in [0, 0.1) is 6.92 Å². The standard InChI is InChI=1S/C14H19BrN2O/c1-10-13(15)4-3-5-14(10)16-12-6-8-17(9-7-12)11(2)18/h3-5,12,16H,6-9H2,1-2H3. The van der Waals surface area contributed by atoms with Gasteiger partial charge in [-0.1, -0.05) is 22.0 Å². The molecule has 1 fully saturated rings. The van der Waals surface area contributed by atoms with Gasteiger partial charge in [0.2, 0.25) is 5.91 Å². The van der Waals surface area contributed by atoms with E-state index in [1.807, 2.05) is 11.0 Å². The predicted molar refractivity (Wildman–Crippen MR) is 77.8 cm³/mol. The highest BCUT2D eigenvalue weighted by Gasteiger charge is 2.20. The van der Waals surface area contributed by atoms with Crippen LogP contribution in [0.5, 0.6) is 0 Å². The maximum absolute atomic E-state index is 11.3. The topological polar surface area (TPSA) is 32.3 Å². The summed E-state index contributed by atoms with van der Waals surface area (Å²) in [5, 5.41) is 3.58. The van der Waals surface area contributed by atoms with Crippen molar-refractivity contribution in [2.24, 2.45) is 0 Å². The number of hydrogen-bond donors (Lipinski definition) is 1. The third kappa shape index (κ3) is 3.05. The summed E-state index contributed by atoms with van der Waals surface area (Å²) in [4.78, 5) is 13.2. The molecule has 1 aromatic carbocycles. The number of rotatable bonds is 2. The third-order valence-electron chi connectivity index (χ3n) is 3.57. The van der Waals surface area contributed by atoms with Crippen LogP contribution in [0.15, 0.2) is 22.7 Å². The van der Waals surface area contributed by atoms with Crippen LogP contribution in [0.1, 0.15) is 25.3 Å². The molecule has 4 heteroatoms. The number of benzene rings is 1. The summed E-state index contributed by atoms with van der Waals surface area (Å²) in [7, 11) is 0. The molecule has 0 bridgehead atoms. The molecule has 0 saturated carbocycles.